The SMILES string of the molecule is CC(NC(=O)N1CCN(c2ccccc2F)CC1)c1cccc(Cl)c1. The van der Waals surface area contributed by atoms with E-state index in [1.54, 1.807) is 17.0 Å². The van der Waals surface area contributed by atoms with Gasteiger partial charge in [0.25, 0.3) is 0 Å². The first kappa shape index (κ1) is 17.5. The molecule has 0 aromatic heterocycles. The normalized spacial score (nSPS) is 15.8. The summed E-state index contributed by atoms with van der Waals surface area (Å²) in [5.41, 5.74) is 1.56. The predicted molar refractivity (Wildman–Crippen MR) is 98.6 cm³/mol. The first-order chi connectivity index (χ1) is 12.0. The van der Waals surface area contributed by atoms with Gasteiger partial charge in [-0.15, -0.1) is 0 Å². The fraction of sp³-hybridized carbons (Fsp3) is 0.316. The molecule has 6 heteroatoms. The van der Waals surface area contributed by atoms with Gasteiger partial charge in [-0.1, -0.05) is 35.9 Å². The molecule has 25 heavy (non-hydrogen) atoms. The van der Waals surface area contributed by atoms with E-state index in [1.807, 2.05) is 42.2 Å². The van der Waals surface area contributed by atoms with Crippen LogP contribution in [0.15, 0.2) is 48.5 Å². The highest BCUT2D eigenvalue weighted by Gasteiger charge is 2.23. The summed E-state index contributed by atoms with van der Waals surface area (Å²) in [6.45, 7) is 4.27. The van der Waals surface area contributed by atoms with E-state index < -0.39 is 0 Å². The first-order valence-corrected chi connectivity index (χ1v) is 8.73. The molecule has 0 saturated carbocycles. The smallest absolute Gasteiger partial charge is 0.317 e. The molecule has 0 spiro atoms. The van der Waals surface area contributed by atoms with Gasteiger partial charge < -0.3 is 15.1 Å². The second kappa shape index (κ2) is 7.74. The van der Waals surface area contributed by atoms with Crippen LogP contribution in [0.2, 0.25) is 5.02 Å². The number of piperazine rings is 1. The van der Waals surface area contributed by atoms with Crippen LogP contribution in [0.3, 0.4) is 0 Å². The summed E-state index contributed by atoms with van der Waals surface area (Å²) in [5, 5.41) is 3.64. The molecule has 1 fully saturated rings. The Bertz CT molecular complexity index is 747. The van der Waals surface area contributed by atoms with Gasteiger partial charge in [-0.3, -0.25) is 0 Å². The third-order valence-corrected chi connectivity index (χ3v) is 4.68. The van der Waals surface area contributed by atoms with Gasteiger partial charge in [0.05, 0.1) is 11.7 Å². The Morgan fingerprint density at radius 3 is 2.52 bits per heavy atom. The van der Waals surface area contributed by atoms with E-state index in [4.69, 9.17) is 11.6 Å². The quantitative estimate of drug-likeness (QED) is 0.894. The van der Waals surface area contributed by atoms with E-state index in [-0.39, 0.29) is 17.9 Å². The number of hydrogen-bond acceptors (Lipinski definition) is 2. The monoisotopic (exact) mass is 361 g/mol. The van der Waals surface area contributed by atoms with Crippen LogP contribution in [0.1, 0.15) is 18.5 Å². The summed E-state index contributed by atoms with van der Waals surface area (Å²) in [5.74, 6) is -0.227. The van der Waals surface area contributed by atoms with Crippen molar-refractivity contribution in [3.63, 3.8) is 0 Å². The number of halogens is 2. The Labute approximate surface area is 152 Å². The van der Waals surface area contributed by atoms with Crippen molar-refractivity contribution in [2.45, 2.75) is 13.0 Å². The van der Waals surface area contributed by atoms with E-state index in [2.05, 4.69) is 5.32 Å². The minimum absolute atomic E-state index is 0.111. The van der Waals surface area contributed by atoms with Crippen molar-refractivity contribution in [2.75, 3.05) is 31.1 Å². The summed E-state index contributed by atoms with van der Waals surface area (Å²) >= 11 is 6.00. The topological polar surface area (TPSA) is 35.6 Å². The van der Waals surface area contributed by atoms with Crippen molar-refractivity contribution in [1.29, 1.82) is 0 Å². The molecule has 1 atom stereocenters. The Kier molecular flexibility index (Phi) is 5.43. The molecule has 4 nitrogen and oxygen atoms in total. The van der Waals surface area contributed by atoms with Gasteiger partial charge in [-0.2, -0.15) is 0 Å². The highest BCUT2D eigenvalue weighted by atomic mass is 35.5. The number of nitrogens with one attached hydrogen (secondary N) is 1. The number of carbonyl (C=O) groups excluding carboxylic acids is 1. The molecule has 1 heterocycles. The molecule has 1 saturated heterocycles. The average Bonchev–Trinajstić information content (AvgIpc) is 2.62. The van der Waals surface area contributed by atoms with Crippen LogP contribution in [0, 0.1) is 5.82 Å². The minimum Gasteiger partial charge on any atom is -0.366 e. The number of anilines is 1. The zero-order chi connectivity index (χ0) is 17.8. The van der Waals surface area contributed by atoms with Crippen LogP contribution < -0.4 is 10.2 Å². The molecule has 1 N–H and O–H groups in total. The maximum atomic E-state index is 13.9. The summed E-state index contributed by atoms with van der Waals surface area (Å²) in [6.07, 6.45) is 0. The number of para-hydroxylation sites is 1. The molecule has 2 aromatic carbocycles. The lowest BCUT2D eigenvalue weighted by molar-refractivity contribution is 0.191. The van der Waals surface area contributed by atoms with Crippen LogP contribution in [0.5, 0.6) is 0 Å². The third-order valence-electron chi connectivity index (χ3n) is 4.45. The molecule has 0 radical (unpaired) electrons. The lowest BCUT2D eigenvalue weighted by Gasteiger charge is -2.36. The minimum atomic E-state index is -0.227. The van der Waals surface area contributed by atoms with Gasteiger partial charge >= 0.3 is 6.03 Å². The molecule has 3 rings (SSSR count). The fourth-order valence-corrected chi connectivity index (χ4v) is 3.19. The zero-order valence-electron chi connectivity index (χ0n) is 14.1. The lowest BCUT2D eigenvalue weighted by Crippen LogP contribution is -2.52. The van der Waals surface area contributed by atoms with Crippen LogP contribution in [-0.2, 0) is 0 Å². The highest BCUT2D eigenvalue weighted by Crippen LogP contribution is 2.21. The van der Waals surface area contributed by atoms with Crippen LogP contribution >= 0.6 is 11.6 Å². The lowest BCUT2D eigenvalue weighted by atomic mass is 10.1. The van der Waals surface area contributed by atoms with Gasteiger partial charge in [-0.25, -0.2) is 9.18 Å². The molecule has 132 valence electrons. The molecular formula is C19H21ClFN3O. The van der Waals surface area contributed by atoms with E-state index in [0.717, 1.165) is 5.56 Å². The van der Waals surface area contributed by atoms with Gasteiger partial charge in [-0.05, 0) is 36.8 Å². The van der Waals surface area contributed by atoms with Crippen molar-refractivity contribution < 1.29 is 9.18 Å². The standard InChI is InChI=1S/C19H21ClFN3O/c1-14(15-5-4-6-16(20)13-15)22-19(25)24-11-9-23(10-12-24)18-8-3-2-7-17(18)21/h2-8,13-14H,9-12H2,1H3,(H,22,25). The summed E-state index contributed by atoms with van der Waals surface area (Å²) < 4.78 is 13.9. The summed E-state index contributed by atoms with van der Waals surface area (Å²) in [6, 6.07) is 14.0. The maximum absolute atomic E-state index is 13.9. The Hall–Kier alpha value is -2.27. The summed E-state index contributed by atoms with van der Waals surface area (Å²) in [7, 11) is 0. The number of amides is 2. The van der Waals surface area contributed by atoms with Crippen molar-refractivity contribution in [1.82, 2.24) is 10.2 Å². The Morgan fingerprint density at radius 2 is 1.84 bits per heavy atom. The van der Waals surface area contributed by atoms with Crippen LogP contribution in [0.25, 0.3) is 0 Å². The average molecular weight is 362 g/mol. The molecule has 1 aliphatic heterocycles. The molecular weight excluding hydrogens is 341 g/mol. The van der Waals surface area contributed by atoms with Crippen molar-refractivity contribution in [2.24, 2.45) is 0 Å². The van der Waals surface area contributed by atoms with E-state index in [9.17, 15) is 9.18 Å². The Balaban J connectivity index is 1.56. The van der Waals surface area contributed by atoms with Gasteiger partial charge in [0.2, 0.25) is 0 Å². The summed E-state index contributed by atoms with van der Waals surface area (Å²) in [4.78, 5) is 16.2. The Morgan fingerprint density at radius 1 is 1.12 bits per heavy atom. The maximum Gasteiger partial charge on any atom is 0.317 e. The highest BCUT2D eigenvalue weighted by molar-refractivity contribution is 6.30. The van der Waals surface area contributed by atoms with Gasteiger partial charge in [0, 0.05) is 31.2 Å². The zero-order valence-corrected chi connectivity index (χ0v) is 14.8. The van der Waals surface area contributed by atoms with Gasteiger partial charge in [0.1, 0.15) is 5.82 Å². The predicted octanol–water partition coefficient (Wildman–Crippen LogP) is 4.07. The molecule has 2 aromatic rings. The van der Waals surface area contributed by atoms with Crippen molar-refractivity contribution in [3.8, 4) is 0 Å². The number of urea groups is 1. The number of carbonyl (C=O) groups is 1. The molecule has 2 amide bonds. The van der Waals surface area contributed by atoms with E-state index in [1.165, 1.54) is 6.07 Å². The van der Waals surface area contributed by atoms with Gasteiger partial charge in [0.15, 0.2) is 0 Å². The molecule has 0 bridgehead atoms. The second-order valence-electron chi connectivity index (χ2n) is 6.15. The number of benzene rings is 2. The first-order valence-electron chi connectivity index (χ1n) is 8.35. The van der Waals surface area contributed by atoms with E-state index in [0.29, 0.717) is 36.9 Å². The van der Waals surface area contributed by atoms with Crippen LogP contribution in [-0.4, -0.2) is 37.1 Å². The van der Waals surface area contributed by atoms with E-state index >= 15 is 0 Å². The number of nitrogens with zero attached hydrogens (tertiary/aromatic N) is 2. The third kappa shape index (κ3) is 4.23. The second-order valence-corrected chi connectivity index (χ2v) is 6.59. The van der Waals surface area contributed by atoms with Crippen LogP contribution in [0.4, 0.5) is 14.9 Å². The number of hydrogen-bond donors (Lipinski definition) is 1. The fourth-order valence-electron chi connectivity index (χ4n) is 2.99. The number of rotatable bonds is 3. The molecule has 1 unspecified atom stereocenters. The largest absolute Gasteiger partial charge is 0.366 e. The molecule has 0 aliphatic carbocycles. The molecule has 1 aliphatic rings. The van der Waals surface area contributed by atoms with Crippen molar-refractivity contribution >= 4 is 23.3 Å². The van der Waals surface area contributed by atoms with Crippen molar-refractivity contribution in [3.05, 3.63) is 64.9 Å².